The molecule has 0 aliphatic carbocycles. The minimum Gasteiger partial charge on any atom is -0.344 e. The Morgan fingerprint density at radius 1 is 0.593 bits per heavy atom. The highest BCUT2D eigenvalue weighted by Crippen LogP contribution is 2.49. The molecule has 0 spiro atoms. The van der Waals surface area contributed by atoms with Gasteiger partial charge in [0.25, 0.3) is 0 Å². The molecule has 2 aromatic rings. The molecule has 300 valence electrons. The molecule has 11 nitrogen and oxygen atoms in total. The molecule has 2 aromatic carbocycles. The molecule has 0 saturated heterocycles. The van der Waals surface area contributed by atoms with Gasteiger partial charge in [0, 0.05) is 58.8 Å². The van der Waals surface area contributed by atoms with Crippen molar-refractivity contribution in [2.45, 2.75) is 92.9 Å². The van der Waals surface area contributed by atoms with Crippen LogP contribution in [0.3, 0.4) is 0 Å². The third-order valence-electron chi connectivity index (χ3n) is 11.7. The molecular formula is C41H64N4O7S2+2. The van der Waals surface area contributed by atoms with E-state index >= 15 is 0 Å². The van der Waals surface area contributed by atoms with Crippen LogP contribution in [0.1, 0.15) is 93.2 Å². The summed E-state index contributed by atoms with van der Waals surface area (Å²) in [7, 11) is -7.62. The van der Waals surface area contributed by atoms with Crippen molar-refractivity contribution in [1.82, 2.24) is 0 Å². The Morgan fingerprint density at radius 3 is 1.22 bits per heavy atom. The summed E-state index contributed by atoms with van der Waals surface area (Å²) >= 11 is 0. The van der Waals surface area contributed by atoms with Gasteiger partial charge in [0.1, 0.15) is 39.3 Å². The molecule has 0 bridgehead atoms. The Hall–Kier alpha value is -3.07. The normalized spacial score (nSPS) is 18.4. The van der Waals surface area contributed by atoms with Gasteiger partial charge in [-0.1, -0.05) is 72.7 Å². The average Bonchev–Trinajstić information content (AvgIpc) is 3.48. The SMILES string of the molecule is CC[N+](CC)(CC)OS(=O)(=O)CCCN1/C(=C/C(=O)/C=C2/N(CCCS(=O)(=O)O[N+](CC)(CC)CC)c3ccccc3C2(C)C)C(C)(C)c2ccccc21. The van der Waals surface area contributed by atoms with Gasteiger partial charge in [-0.15, -0.1) is 0 Å². The standard InChI is InChI=1S/C41H64N4O7S2/c1-11-44(12-2,13-3)51-53(47,48)29-21-27-42-36-25-19-17-23-34(36)40(7,8)38(42)31-33(46)32-39-41(9,10)35-24-18-20-26-37(35)43(39)28-22-30-54(49,50)52-45(14-4,15-5)16-6/h17-20,23-26,31-32H,11-16,21-22,27-30H2,1-10H3/q+2/b38-31+,39-32+. The predicted octanol–water partition coefficient (Wildman–Crippen LogP) is 6.97. The fraction of sp³-hybridized carbons (Fsp3) is 0.585. The van der Waals surface area contributed by atoms with Crippen molar-refractivity contribution in [3.63, 3.8) is 0 Å². The lowest BCUT2D eigenvalue weighted by molar-refractivity contribution is -1.08. The van der Waals surface area contributed by atoms with Gasteiger partial charge in [-0.3, -0.25) is 4.79 Å². The molecule has 0 aromatic heterocycles. The van der Waals surface area contributed by atoms with Crippen molar-refractivity contribution < 1.29 is 39.5 Å². The van der Waals surface area contributed by atoms with Gasteiger partial charge in [-0.25, -0.2) is 0 Å². The van der Waals surface area contributed by atoms with Crippen LogP contribution in [-0.4, -0.2) is 95.8 Å². The van der Waals surface area contributed by atoms with Gasteiger partial charge >= 0.3 is 20.2 Å². The number of nitrogens with zero attached hydrogens (tertiary/aromatic N) is 4. The average molecular weight is 789 g/mol. The Bertz CT molecular complexity index is 1770. The molecule has 0 N–H and O–H groups in total. The molecule has 0 radical (unpaired) electrons. The van der Waals surface area contributed by atoms with Gasteiger partial charge in [-0.2, -0.15) is 26.1 Å². The summed E-state index contributed by atoms with van der Waals surface area (Å²) in [6.45, 7) is 24.0. The van der Waals surface area contributed by atoms with E-state index in [-0.39, 0.29) is 26.6 Å². The second kappa shape index (κ2) is 17.0. The van der Waals surface area contributed by atoms with E-state index < -0.39 is 31.1 Å². The van der Waals surface area contributed by atoms with Crippen molar-refractivity contribution in [2.75, 3.05) is 73.7 Å². The number of quaternary nitrogens is 2. The topological polar surface area (TPSA) is 110 Å². The fourth-order valence-electron chi connectivity index (χ4n) is 8.01. The number of benzene rings is 2. The van der Waals surface area contributed by atoms with Gasteiger partial charge in [0.15, 0.2) is 5.78 Å². The molecule has 0 fully saturated rings. The first-order chi connectivity index (χ1) is 25.3. The molecule has 0 saturated carbocycles. The summed E-state index contributed by atoms with van der Waals surface area (Å²) in [6, 6.07) is 16.0. The molecule has 54 heavy (non-hydrogen) atoms. The van der Waals surface area contributed by atoms with Crippen molar-refractivity contribution in [1.29, 1.82) is 0 Å². The number of anilines is 2. The highest BCUT2D eigenvalue weighted by Gasteiger charge is 2.43. The molecule has 2 aliphatic heterocycles. The van der Waals surface area contributed by atoms with E-state index in [1.165, 1.54) is 0 Å². The lowest BCUT2D eigenvalue weighted by Gasteiger charge is -2.31. The van der Waals surface area contributed by atoms with E-state index in [2.05, 4.69) is 49.6 Å². The molecule has 0 unspecified atom stereocenters. The summed E-state index contributed by atoms with van der Waals surface area (Å²) in [5.41, 5.74) is 4.55. The minimum absolute atomic E-state index is 0.0492. The lowest BCUT2D eigenvalue weighted by Crippen LogP contribution is -2.49. The first-order valence-corrected chi connectivity index (χ1v) is 22.8. The van der Waals surface area contributed by atoms with Gasteiger partial charge in [-0.05, 0) is 77.6 Å². The zero-order chi connectivity index (χ0) is 40.2. The van der Waals surface area contributed by atoms with Crippen LogP contribution in [0.25, 0.3) is 0 Å². The number of para-hydroxylation sites is 2. The van der Waals surface area contributed by atoms with Gasteiger partial charge in [0.2, 0.25) is 0 Å². The van der Waals surface area contributed by atoms with Crippen molar-refractivity contribution >= 4 is 37.4 Å². The summed E-state index contributed by atoms with van der Waals surface area (Å²) in [4.78, 5) is 18.4. The number of rotatable bonds is 20. The maximum Gasteiger partial charge on any atom is 0.314 e. The van der Waals surface area contributed by atoms with Gasteiger partial charge in [0.05, 0.1) is 11.5 Å². The quantitative estimate of drug-likeness (QED) is 0.0798. The number of hydroxylamine groups is 6. The molecular weight excluding hydrogens is 725 g/mol. The van der Waals surface area contributed by atoms with Crippen LogP contribution in [0.2, 0.25) is 0 Å². The number of hydrogen-bond donors (Lipinski definition) is 0. The number of allylic oxidation sites excluding steroid dienone is 4. The molecule has 0 atom stereocenters. The molecule has 2 heterocycles. The first kappa shape index (κ1) is 43.7. The summed E-state index contributed by atoms with van der Waals surface area (Å²) in [6.07, 6.45) is 3.99. The van der Waals surface area contributed by atoms with Gasteiger partial charge < -0.3 is 9.80 Å². The number of ketones is 1. The molecule has 0 amide bonds. The van der Waals surface area contributed by atoms with Crippen LogP contribution in [0, 0.1) is 0 Å². The predicted molar refractivity (Wildman–Crippen MR) is 218 cm³/mol. The van der Waals surface area contributed by atoms with Crippen molar-refractivity contribution in [3.05, 3.63) is 83.2 Å². The number of fused-ring (bicyclic) bond motifs is 2. The van der Waals surface area contributed by atoms with Crippen LogP contribution in [0.4, 0.5) is 11.4 Å². The van der Waals surface area contributed by atoms with Crippen LogP contribution >= 0.6 is 0 Å². The first-order valence-electron chi connectivity index (χ1n) is 19.6. The molecule has 2 aliphatic rings. The Balaban J connectivity index is 1.63. The zero-order valence-electron chi connectivity index (χ0n) is 34.2. The highest BCUT2D eigenvalue weighted by atomic mass is 32.2. The minimum atomic E-state index is -3.81. The molecule has 13 heteroatoms. The summed E-state index contributed by atoms with van der Waals surface area (Å²) in [5, 5.41) is 0. The highest BCUT2D eigenvalue weighted by molar-refractivity contribution is 7.86. The Kier molecular flexibility index (Phi) is 13.7. The summed E-state index contributed by atoms with van der Waals surface area (Å²) < 4.78 is 64.2. The third kappa shape index (κ3) is 9.13. The summed E-state index contributed by atoms with van der Waals surface area (Å²) in [5.74, 6) is -0.487. The second-order valence-electron chi connectivity index (χ2n) is 15.4. The third-order valence-corrected chi connectivity index (χ3v) is 14.4. The Morgan fingerprint density at radius 2 is 0.907 bits per heavy atom. The zero-order valence-corrected chi connectivity index (χ0v) is 35.9. The van der Waals surface area contributed by atoms with E-state index in [0.717, 1.165) is 33.9 Å². The van der Waals surface area contributed by atoms with E-state index in [9.17, 15) is 21.6 Å². The van der Waals surface area contributed by atoms with Crippen LogP contribution in [-0.2, 0) is 44.4 Å². The molecule has 4 rings (SSSR count). The maximum atomic E-state index is 14.3. The smallest absolute Gasteiger partial charge is 0.314 e. The van der Waals surface area contributed by atoms with E-state index in [1.807, 2.05) is 77.9 Å². The monoisotopic (exact) mass is 788 g/mol. The fourth-order valence-corrected chi connectivity index (χ4v) is 10.7. The number of carbonyl (C=O) groups is 1. The maximum absolute atomic E-state index is 14.3. The van der Waals surface area contributed by atoms with E-state index in [4.69, 9.17) is 8.57 Å². The van der Waals surface area contributed by atoms with Crippen LogP contribution < -0.4 is 9.80 Å². The second-order valence-corrected chi connectivity index (χ2v) is 18.8. The number of carbonyl (C=O) groups excluding carboxylic acids is 1. The number of hydrogen-bond acceptors (Lipinski definition) is 9. The Labute approximate surface area is 325 Å². The van der Waals surface area contributed by atoms with E-state index in [1.54, 1.807) is 12.2 Å². The largest absolute Gasteiger partial charge is 0.344 e. The van der Waals surface area contributed by atoms with Crippen LogP contribution in [0.15, 0.2) is 72.1 Å². The lowest BCUT2D eigenvalue weighted by atomic mass is 9.82. The van der Waals surface area contributed by atoms with Crippen molar-refractivity contribution in [2.24, 2.45) is 0 Å². The van der Waals surface area contributed by atoms with E-state index in [0.29, 0.717) is 65.2 Å². The van der Waals surface area contributed by atoms with Crippen LogP contribution in [0.5, 0.6) is 0 Å². The van der Waals surface area contributed by atoms with Crippen molar-refractivity contribution in [3.8, 4) is 0 Å².